The largest absolute Gasteiger partial charge is 0.368 e. The molecule has 0 unspecified atom stereocenters. The van der Waals surface area contributed by atoms with E-state index in [2.05, 4.69) is 28.7 Å². The molecule has 0 saturated carbocycles. The standard InChI is InChI=1S/C18H23N5O/c1-3-22(4-2)9-10-23-15-8-6-5-7-14(15)17-13(11-16(23)24)12-20-18(19)21-17/h5-8,12H,3-4,9-11H2,1-2H3,(H2,19,20,21). The second-order valence-corrected chi connectivity index (χ2v) is 5.87. The van der Waals surface area contributed by atoms with Crippen molar-refractivity contribution in [3.63, 3.8) is 0 Å². The summed E-state index contributed by atoms with van der Waals surface area (Å²) in [6.07, 6.45) is 1.96. The molecule has 0 fully saturated rings. The number of aromatic nitrogens is 2. The third-order valence-electron chi connectivity index (χ3n) is 4.51. The van der Waals surface area contributed by atoms with Gasteiger partial charge in [0.25, 0.3) is 0 Å². The number of nitrogens with two attached hydrogens (primary N) is 1. The lowest BCUT2D eigenvalue weighted by Crippen LogP contribution is -2.39. The van der Waals surface area contributed by atoms with Crippen molar-refractivity contribution in [2.24, 2.45) is 0 Å². The van der Waals surface area contributed by atoms with Gasteiger partial charge < -0.3 is 15.5 Å². The van der Waals surface area contributed by atoms with E-state index in [0.29, 0.717) is 13.0 Å². The van der Waals surface area contributed by atoms with Crippen molar-refractivity contribution in [1.82, 2.24) is 14.9 Å². The van der Waals surface area contributed by atoms with Gasteiger partial charge in [0.05, 0.1) is 17.8 Å². The number of likely N-dealkylation sites (N-methyl/N-ethyl adjacent to an activating group) is 1. The number of fused-ring (bicyclic) bond motifs is 3. The summed E-state index contributed by atoms with van der Waals surface area (Å²) in [6.45, 7) is 7.72. The second-order valence-electron chi connectivity index (χ2n) is 5.87. The molecular formula is C18H23N5O. The van der Waals surface area contributed by atoms with Gasteiger partial charge in [0.1, 0.15) is 0 Å². The van der Waals surface area contributed by atoms with E-state index in [1.165, 1.54) is 0 Å². The Kier molecular flexibility index (Phi) is 4.76. The summed E-state index contributed by atoms with van der Waals surface area (Å²) in [7, 11) is 0. The lowest BCUT2D eigenvalue weighted by atomic mass is 10.1. The van der Waals surface area contributed by atoms with E-state index >= 15 is 0 Å². The van der Waals surface area contributed by atoms with E-state index in [1.807, 2.05) is 29.2 Å². The average molecular weight is 325 g/mol. The maximum Gasteiger partial charge on any atom is 0.231 e. The summed E-state index contributed by atoms with van der Waals surface area (Å²) in [5.74, 6) is 0.300. The zero-order valence-electron chi connectivity index (χ0n) is 14.2. The zero-order valence-corrected chi connectivity index (χ0v) is 14.2. The van der Waals surface area contributed by atoms with E-state index < -0.39 is 0 Å². The average Bonchev–Trinajstić information content (AvgIpc) is 2.71. The van der Waals surface area contributed by atoms with Crippen LogP contribution in [0.3, 0.4) is 0 Å². The molecule has 1 amide bonds. The number of benzene rings is 1. The number of hydrogen-bond acceptors (Lipinski definition) is 5. The van der Waals surface area contributed by atoms with Crippen LogP contribution in [-0.4, -0.2) is 47.0 Å². The topological polar surface area (TPSA) is 75.3 Å². The van der Waals surface area contributed by atoms with Crippen LogP contribution in [0.25, 0.3) is 11.3 Å². The molecule has 2 aromatic rings. The number of para-hydroxylation sites is 1. The molecule has 1 aliphatic heterocycles. The molecule has 126 valence electrons. The molecule has 0 atom stereocenters. The van der Waals surface area contributed by atoms with Gasteiger partial charge in [0.2, 0.25) is 11.9 Å². The van der Waals surface area contributed by atoms with Crippen molar-refractivity contribution in [2.75, 3.05) is 36.8 Å². The van der Waals surface area contributed by atoms with Gasteiger partial charge >= 0.3 is 0 Å². The van der Waals surface area contributed by atoms with E-state index in [9.17, 15) is 4.79 Å². The van der Waals surface area contributed by atoms with Crippen LogP contribution in [0.5, 0.6) is 0 Å². The van der Waals surface area contributed by atoms with Crippen molar-refractivity contribution in [2.45, 2.75) is 20.3 Å². The predicted octanol–water partition coefficient (Wildman–Crippen LogP) is 1.96. The first-order valence-corrected chi connectivity index (χ1v) is 8.37. The van der Waals surface area contributed by atoms with E-state index in [4.69, 9.17) is 5.73 Å². The van der Waals surface area contributed by atoms with Crippen LogP contribution in [0.2, 0.25) is 0 Å². The van der Waals surface area contributed by atoms with Crippen LogP contribution in [0.4, 0.5) is 11.6 Å². The highest BCUT2D eigenvalue weighted by atomic mass is 16.2. The van der Waals surface area contributed by atoms with Crippen molar-refractivity contribution in [3.05, 3.63) is 36.0 Å². The van der Waals surface area contributed by atoms with Crippen LogP contribution >= 0.6 is 0 Å². The highest BCUT2D eigenvalue weighted by Crippen LogP contribution is 2.35. The molecule has 2 heterocycles. The van der Waals surface area contributed by atoms with Crippen LogP contribution in [0.1, 0.15) is 19.4 Å². The van der Waals surface area contributed by atoms with E-state index in [-0.39, 0.29) is 11.9 Å². The van der Waals surface area contributed by atoms with Gasteiger partial charge in [-0.15, -0.1) is 0 Å². The number of rotatable bonds is 5. The third kappa shape index (κ3) is 3.10. The summed E-state index contributed by atoms with van der Waals surface area (Å²) in [5, 5.41) is 0. The van der Waals surface area contributed by atoms with E-state index in [0.717, 1.165) is 42.1 Å². The van der Waals surface area contributed by atoms with Crippen molar-refractivity contribution < 1.29 is 4.79 Å². The minimum Gasteiger partial charge on any atom is -0.368 e. The molecule has 3 rings (SSSR count). The van der Waals surface area contributed by atoms with Gasteiger partial charge in [-0.05, 0) is 19.2 Å². The Hall–Kier alpha value is -2.47. The van der Waals surface area contributed by atoms with Gasteiger partial charge in [-0.3, -0.25) is 4.79 Å². The molecule has 1 aromatic carbocycles. The normalized spacial score (nSPS) is 13.6. The van der Waals surface area contributed by atoms with Gasteiger partial charge in [-0.25, -0.2) is 9.97 Å². The smallest absolute Gasteiger partial charge is 0.231 e. The number of carbonyl (C=O) groups excluding carboxylic acids is 1. The molecule has 0 spiro atoms. The fourth-order valence-corrected chi connectivity index (χ4v) is 3.11. The number of nitrogen functional groups attached to an aromatic ring is 1. The zero-order chi connectivity index (χ0) is 17.1. The third-order valence-corrected chi connectivity index (χ3v) is 4.51. The quantitative estimate of drug-likeness (QED) is 0.909. The van der Waals surface area contributed by atoms with Crippen molar-refractivity contribution in [1.29, 1.82) is 0 Å². The van der Waals surface area contributed by atoms with Gasteiger partial charge in [0, 0.05) is 30.4 Å². The number of carbonyl (C=O) groups is 1. The number of anilines is 2. The van der Waals surface area contributed by atoms with Gasteiger partial charge in [-0.2, -0.15) is 0 Å². The Bertz CT molecular complexity index is 742. The molecule has 0 saturated heterocycles. The number of amides is 1. The lowest BCUT2D eigenvalue weighted by Gasteiger charge is -2.26. The summed E-state index contributed by atoms with van der Waals surface area (Å²) < 4.78 is 0. The minimum absolute atomic E-state index is 0.0710. The fourth-order valence-electron chi connectivity index (χ4n) is 3.11. The second kappa shape index (κ2) is 6.97. The van der Waals surface area contributed by atoms with Gasteiger partial charge in [0.15, 0.2) is 0 Å². The molecule has 6 nitrogen and oxygen atoms in total. The molecule has 1 aromatic heterocycles. The Morgan fingerprint density at radius 1 is 1.25 bits per heavy atom. The highest BCUT2D eigenvalue weighted by molar-refractivity contribution is 6.01. The summed E-state index contributed by atoms with van der Waals surface area (Å²) in [6, 6.07) is 7.87. The van der Waals surface area contributed by atoms with Crippen molar-refractivity contribution in [3.8, 4) is 11.3 Å². The Labute approximate surface area is 142 Å². The molecule has 0 radical (unpaired) electrons. The molecule has 0 bridgehead atoms. The molecular weight excluding hydrogens is 302 g/mol. The Balaban J connectivity index is 2.01. The monoisotopic (exact) mass is 325 g/mol. The van der Waals surface area contributed by atoms with Crippen LogP contribution in [0, 0.1) is 0 Å². The number of hydrogen-bond donors (Lipinski definition) is 1. The predicted molar refractivity (Wildman–Crippen MR) is 95.7 cm³/mol. The highest BCUT2D eigenvalue weighted by Gasteiger charge is 2.27. The maximum absolute atomic E-state index is 12.8. The maximum atomic E-state index is 12.8. The summed E-state index contributed by atoms with van der Waals surface area (Å²) in [5.41, 5.74) is 9.19. The minimum atomic E-state index is 0.0710. The van der Waals surface area contributed by atoms with Crippen LogP contribution in [-0.2, 0) is 11.2 Å². The first kappa shape index (κ1) is 16.4. The Morgan fingerprint density at radius 3 is 2.75 bits per heavy atom. The Morgan fingerprint density at radius 2 is 2.00 bits per heavy atom. The molecule has 2 N–H and O–H groups in total. The molecule has 1 aliphatic rings. The lowest BCUT2D eigenvalue weighted by molar-refractivity contribution is -0.118. The molecule has 0 aliphatic carbocycles. The molecule has 24 heavy (non-hydrogen) atoms. The summed E-state index contributed by atoms with van der Waals surface area (Å²) in [4.78, 5) is 25.5. The number of nitrogens with zero attached hydrogens (tertiary/aromatic N) is 4. The van der Waals surface area contributed by atoms with E-state index in [1.54, 1.807) is 6.20 Å². The molecule has 6 heteroatoms. The first-order chi connectivity index (χ1) is 11.6. The SMILES string of the molecule is CCN(CC)CCN1C(=O)Cc2cnc(N)nc2-c2ccccc21. The summed E-state index contributed by atoms with van der Waals surface area (Å²) >= 11 is 0. The van der Waals surface area contributed by atoms with Crippen LogP contribution < -0.4 is 10.6 Å². The fraction of sp³-hybridized carbons (Fsp3) is 0.389. The van der Waals surface area contributed by atoms with Crippen LogP contribution in [0.15, 0.2) is 30.5 Å². The van der Waals surface area contributed by atoms with Crippen molar-refractivity contribution >= 4 is 17.5 Å². The first-order valence-electron chi connectivity index (χ1n) is 8.37. The van der Waals surface area contributed by atoms with Gasteiger partial charge in [-0.1, -0.05) is 32.0 Å².